The van der Waals surface area contributed by atoms with E-state index in [0.717, 1.165) is 51.0 Å². The smallest absolute Gasteiger partial charge is 0.268 e. The van der Waals surface area contributed by atoms with E-state index in [4.69, 9.17) is 34.8 Å². The molecule has 0 saturated carbocycles. The van der Waals surface area contributed by atoms with E-state index < -0.39 is 26.9 Å². The lowest BCUT2D eigenvalue weighted by Crippen LogP contribution is -2.27. The topological polar surface area (TPSA) is 17.1 Å². The number of rotatable bonds is 14. The van der Waals surface area contributed by atoms with Gasteiger partial charge in [0.15, 0.2) is 5.67 Å². The minimum Gasteiger partial charge on any atom is -0.268 e. The van der Waals surface area contributed by atoms with Gasteiger partial charge in [0.25, 0.3) is 0 Å². The molecule has 0 radical (unpaired) electrons. The first kappa shape index (κ1) is 42.0. The Bertz CT molecular complexity index is 1250. The monoisotopic (exact) mass is 702 g/mol. The summed E-state index contributed by atoms with van der Waals surface area (Å²) in [6.45, 7) is 11.8. The molecule has 2 aromatic carbocycles. The van der Waals surface area contributed by atoms with E-state index in [2.05, 4.69) is 34.8 Å². The minimum absolute atomic E-state index is 0.239. The molecule has 0 fully saturated rings. The highest BCUT2D eigenvalue weighted by Crippen LogP contribution is 2.38. The molecule has 244 valence electrons. The molecule has 0 amide bonds. The van der Waals surface area contributed by atoms with Crippen LogP contribution in [0.2, 0.25) is 15.1 Å². The van der Waals surface area contributed by atoms with Crippen molar-refractivity contribution in [3.63, 3.8) is 0 Å². The SMILES string of the molecule is C=C.C=S(C)(=O)CC(CCC)CCCCCC(F)(C(C)=P)c1ccc(Cl)c(Cl)c1.CCCc1ccc(Cl)c(C(F)(F)F)c1. The van der Waals surface area contributed by atoms with Gasteiger partial charge >= 0.3 is 6.18 Å². The summed E-state index contributed by atoms with van der Waals surface area (Å²) in [4.78, 5) is 0. The van der Waals surface area contributed by atoms with Crippen LogP contribution in [0.3, 0.4) is 0 Å². The third-order valence-electron chi connectivity index (χ3n) is 6.77. The van der Waals surface area contributed by atoms with E-state index >= 15 is 4.39 Å². The first-order chi connectivity index (χ1) is 19.9. The molecule has 0 spiro atoms. The molecule has 0 aliphatic carbocycles. The van der Waals surface area contributed by atoms with Gasteiger partial charge in [-0.05, 0) is 101 Å². The standard InChI is InChI=1S/C21H32Cl2FOPS.C10H10ClF3.C2H4/c1-5-9-17(15-27(3,4)25)10-7-6-8-13-21(24,16(2)26)18-11-12-19(22)20(23)14-18;1-2-3-7-4-5-9(11)8(6-7)10(12,13)14;1-2/h11-12,14,17,26H,3,5-10,13,15H2,1-2,4H3;4-6H,2-3H2,1H3;1-2H2. The van der Waals surface area contributed by atoms with Gasteiger partial charge in [0.2, 0.25) is 0 Å². The molecule has 0 aliphatic heterocycles. The van der Waals surface area contributed by atoms with Crippen molar-refractivity contribution >= 4 is 64.4 Å². The second-order valence-corrected chi connectivity index (χ2v) is 15.4. The van der Waals surface area contributed by atoms with E-state index in [9.17, 15) is 17.4 Å². The fourth-order valence-electron chi connectivity index (χ4n) is 4.72. The fraction of sp³-hybridized carbons (Fsp3) is 0.515. The Morgan fingerprint density at radius 1 is 0.907 bits per heavy atom. The van der Waals surface area contributed by atoms with Gasteiger partial charge in [-0.3, -0.25) is 4.21 Å². The molecule has 0 aliphatic rings. The number of hydrogen-bond acceptors (Lipinski definition) is 1. The van der Waals surface area contributed by atoms with E-state index in [1.165, 1.54) is 6.07 Å². The molecule has 0 heterocycles. The van der Waals surface area contributed by atoms with Crippen LogP contribution in [-0.2, 0) is 27.8 Å². The summed E-state index contributed by atoms with van der Waals surface area (Å²) in [6, 6.07) is 8.99. The Morgan fingerprint density at radius 3 is 2.00 bits per heavy atom. The van der Waals surface area contributed by atoms with Crippen LogP contribution in [0.15, 0.2) is 49.6 Å². The zero-order valence-electron chi connectivity index (χ0n) is 25.7. The summed E-state index contributed by atoms with van der Waals surface area (Å²) < 4.78 is 64.8. The lowest BCUT2D eigenvalue weighted by Gasteiger charge is -2.26. The third-order valence-corrected chi connectivity index (χ3v) is 9.41. The average Bonchev–Trinajstić information content (AvgIpc) is 2.91. The van der Waals surface area contributed by atoms with Crippen LogP contribution >= 0.6 is 43.7 Å². The van der Waals surface area contributed by atoms with Crippen LogP contribution in [0.25, 0.3) is 0 Å². The van der Waals surface area contributed by atoms with E-state index in [0.29, 0.717) is 51.0 Å². The van der Waals surface area contributed by atoms with Crippen LogP contribution in [0.5, 0.6) is 0 Å². The summed E-state index contributed by atoms with van der Waals surface area (Å²) in [5.41, 5.74) is -1.12. The largest absolute Gasteiger partial charge is 0.417 e. The Morgan fingerprint density at radius 2 is 1.51 bits per heavy atom. The first-order valence-electron chi connectivity index (χ1n) is 14.3. The molecule has 10 heteroatoms. The summed E-state index contributed by atoms with van der Waals surface area (Å²) in [5.74, 6) is 4.91. The second-order valence-electron chi connectivity index (χ2n) is 10.7. The predicted octanol–water partition coefficient (Wildman–Crippen LogP) is 12.3. The van der Waals surface area contributed by atoms with Crippen molar-refractivity contribution in [3.05, 3.63) is 81.3 Å². The highest BCUT2D eigenvalue weighted by atomic mass is 35.5. The summed E-state index contributed by atoms with van der Waals surface area (Å²) >= 11 is 17.5. The maximum Gasteiger partial charge on any atom is 0.417 e. The zero-order chi connectivity index (χ0) is 33.4. The quantitative estimate of drug-likeness (QED) is 0.0629. The zero-order valence-corrected chi connectivity index (χ0v) is 29.8. The molecular formula is C33H46Cl3F4OPS. The van der Waals surface area contributed by atoms with Crippen molar-refractivity contribution in [2.45, 2.75) is 90.4 Å². The maximum absolute atomic E-state index is 15.7. The molecule has 2 rings (SSSR count). The van der Waals surface area contributed by atoms with Crippen LogP contribution < -0.4 is 0 Å². The Kier molecular flexibility index (Phi) is 19.7. The molecule has 3 unspecified atom stereocenters. The van der Waals surface area contributed by atoms with Crippen LogP contribution in [-0.4, -0.2) is 27.4 Å². The summed E-state index contributed by atoms with van der Waals surface area (Å²) in [7, 11) is 1.45. The average molecular weight is 704 g/mol. The predicted molar refractivity (Wildman–Crippen MR) is 187 cm³/mol. The minimum atomic E-state index is -4.36. The van der Waals surface area contributed by atoms with Gasteiger partial charge in [0.05, 0.1) is 20.6 Å². The van der Waals surface area contributed by atoms with Crippen molar-refractivity contribution < 1.29 is 21.8 Å². The summed E-state index contributed by atoms with van der Waals surface area (Å²) in [5, 5.41) is 1.09. The number of unbranched alkanes of at least 4 members (excludes halogenated alkanes) is 2. The van der Waals surface area contributed by atoms with Gasteiger partial charge in [0, 0.05) is 12.0 Å². The van der Waals surface area contributed by atoms with Gasteiger partial charge in [-0.15, -0.1) is 22.0 Å². The number of hydrogen-bond donors (Lipinski definition) is 0. The number of alkyl halides is 4. The van der Waals surface area contributed by atoms with Crippen molar-refractivity contribution in [2.24, 2.45) is 5.92 Å². The van der Waals surface area contributed by atoms with Gasteiger partial charge < -0.3 is 0 Å². The number of aryl methyl sites for hydroxylation is 1. The van der Waals surface area contributed by atoms with Gasteiger partial charge in [0.1, 0.15) is 0 Å². The highest BCUT2D eigenvalue weighted by molar-refractivity contribution is 7.99. The van der Waals surface area contributed by atoms with Crippen molar-refractivity contribution in [3.8, 4) is 0 Å². The van der Waals surface area contributed by atoms with Crippen LogP contribution in [0, 0.1) is 5.92 Å². The maximum atomic E-state index is 15.7. The fourth-order valence-corrected chi connectivity index (χ4v) is 6.84. The van der Waals surface area contributed by atoms with E-state index in [-0.39, 0.29) is 5.02 Å². The van der Waals surface area contributed by atoms with E-state index in [1.807, 2.05) is 6.92 Å². The van der Waals surface area contributed by atoms with Crippen LogP contribution in [0.1, 0.15) is 88.8 Å². The van der Waals surface area contributed by atoms with Crippen LogP contribution in [0.4, 0.5) is 17.6 Å². The normalized spacial score (nSPS) is 14.7. The summed E-state index contributed by atoms with van der Waals surface area (Å²) in [6.07, 6.45) is 5.12. The molecule has 0 N–H and O–H groups in total. The molecule has 0 saturated heterocycles. The van der Waals surface area contributed by atoms with Gasteiger partial charge in [-0.1, -0.05) is 86.5 Å². The molecular weight excluding hydrogens is 658 g/mol. The molecule has 1 nitrogen and oxygen atoms in total. The Balaban J connectivity index is 0.000000922. The molecule has 0 bridgehead atoms. The third kappa shape index (κ3) is 15.7. The molecule has 0 aromatic heterocycles. The highest BCUT2D eigenvalue weighted by Gasteiger charge is 2.34. The van der Waals surface area contributed by atoms with Gasteiger partial charge in [-0.25, -0.2) is 4.39 Å². The number of benzene rings is 2. The van der Waals surface area contributed by atoms with E-state index in [1.54, 1.807) is 37.4 Å². The van der Waals surface area contributed by atoms with Gasteiger partial charge in [-0.2, -0.15) is 13.2 Å². The Hall–Kier alpha value is -1.04. The molecule has 43 heavy (non-hydrogen) atoms. The van der Waals surface area contributed by atoms with Crippen molar-refractivity contribution in [2.75, 3.05) is 12.0 Å². The first-order valence-corrected chi connectivity index (χ1v) is 18.2. The lowest BCUT2D eigenvalue weighted by molar-refractivity contribution is -0.137. The molecule has 2 aromatic rings. The lowest BCUT2D eigenvalue weighted by atomic mass is 9.87. The molecule has 3 atom stereocenters. The number of halogens is 7. The Labute approximate surface area is 274 Å². The van der Waals surface area contributed by atoms with Crippen molar-refractivity contribution in [1.29, 1.82) is 0 Å². The van der Waals surface area contributed by atoms with Crippen molar-refractivity contribution in [1.82, 2.24) is 0 Å². The second kappa shape index (κ2) is 20.2.